The maximum absolute atomic E-state index is 14.5. The third-order valence-electron chi connectivity index (χ3n) is 5.34. The molecule has 8 heteroatoms. The Bertz CT molecular complexity index is 1350. The minimum absolute atomic E-state index is 0.00891. The second-order valence-electron chi connectivity index (χ2n) is 7.27. The van der Waals surface area contributed by atoms with Crippen LogP contribution >= 0.6 is 23.1 Å². The van der Waals surface area contributed by atoms with E-state index in [1.54, 1.807) is 23.6 Å². The van der Waals surface area contributed by atoms with Gasteiger partial charge in [-0.05, 0) is 47.5 Å². The summed E-state index contributed by atoms with van der Waals surface area (Å²) in [6.45, 7) is 0. The highest BCUT2D eigenvalue weighted by Gasteiger charge is 2.24. The number of thiophene rings is 1. The van der Waals surface area contributed by atoms with Crippen molar-refractivity contribution in [1.82, 2.24) is 14.9 Å². The Balaban J connectivity index is 1.42. The first kappa shape index (κ1) is 20.0. The number of aromatic nitrogens is 2. The molecule has 1 aliphatic carbocycles. The van der Waals surface area contributed by atoms with E-state index in [9.17, 15) is 14.0 Å². The van der Waals surface area contributed by atoms with E-state index in [1.165, 1.54) is 33.6 Å². The van der Waals surface area contributed by atoms with Crippen molar-refractivity contribution in [3.63, 3.8) is 0 Å². The number of halogens is 1. The van der Waals surface area contributed by atoms with Gasteiger partial charge in [0, 0.05) is 0 Å². The SMILES string of the molecule is O=C(CSc1nc2ccsc2c(=O)n1-c1ccccc1F)NC1CCc2ccccc21. The largest absolute Gasteiger partial charge is 0.349 e. The van der Waals surface area contributed by atoms with Crippen LogP contribution < -0.4 is 10.9 Å². The lowest BCUT2D eigenvalue weighted by molar-refractivity contribution is -0.119. The average molecular weight is 452 g/mol. The van der Waals surface area contributed by atoms with E-state index in [0.717, 1.165) is 30.2 Å². The van der Waals surface area contributed by atoms with E-state index >= 15 is 0 Å². The summed E-state index contributed by atoms with van der Waals surface area (Å²) >= 11 is 2.40. The predicted octanol–water partition coefficient (Wildman–Crippen LogP) is 4.48. The third-order valence-corrected chi connectivity index (χ3v) is 7.17. The first-order valence-electron chi connectivity index (χ1n) is 9.87. The first-order valence-corrected chi connectivity index (χ1v) is 11.7. The number of aryl methyl sites for hydroxylation is 1. The van der Waals surface area contributed by atoms with Crippen LogP contribution in [0.25, 0.3) is 15.9 Å². The maximum Gasteiger partial charge on any atom is 0.276 e. The fourth-order valence-electron chi connectivity index (χ4n) is 3.91. The summed E-state index contributed by atoms with van der Waals surface area (Å²) in [4.78, 5) is 30.3. The van der Waals surface area contributed by atoms with Crippen molar-refractivity contribution in [3.8, 4) is 5.69 Å². The quantitative estimate of drug-likeness (QED) is 0.359. The zero-order chi connectivity index (χ0) is 21.4. The maximum atomic E-state index is 14.5. The van der Waals surface area contributed by atoms with Crippen molar-refractivity contribution in [2.24, 2.45) is 0 Å². The Morgan fingerprint density at radius 1 is 1.19 bits per heavy atom. The highest BCUT2D eigenvalue weighted by molar-refractivity contribution is 7.99. The number of hydrogen-bond donors (Lipinski definition) is 1. The molecule has 1 aliphatic rings. The summed E-state index contributed by atoms with van der Waals surface area (Å²) in [5, 5.41) is 5.15. The van der Waals surface area contributed by atoms with Gasteiger partial charge in [0.2, 0.25) is 5.91 Å². The standard InChI is InChI=1S/C23H18FN3O2S2/c24-16-7-3-4-8-19(16)27-22(29)21-18(11-12-30-21)26-23(27)31-13-20(28)25-17-10-9-14-5-1-2-6-15(14)17/h1-8,11-12,17H,9-10,13H2,(H,25,28). The molecule has 4 aromatic rings. The van der Waals surface area contributed by atoms with Crippen LogP contribution in [0.15, 0.2) is 69.9 Å². The molecule has 0 radical (unpaired) electrons. The summed E-state index contributed by atoms with van der Waals surface area (Å²) in [6, 6.07) is 15.9. The second kappa shape index (κ2) is 8.28. The van der Waals surface area contributed by atoms with Gasteiger partial charge in [-0.2, -0.15) is 0 Å². The van der Waals surface area contributed by atoms with Crippen LogP contribution in [0.4, 0.5) is 4.39 Å². The summed E-state index contributed by atoms with van der Waals surface area (Å²) < 4.78 is 16.2. The molecular weight excluding hydrogens is 433 g/mol. The number of thioether (sulfide) groups is 1. The van der Waals surface area contributed by atoms with Crippen molar-refractivity contribution in [2.45, 2.75) is 24.0 Å². The number of carbonyl (C=O) groups is 1. The van der Waals surface area contributed by atoms with Crippen LogP contribution in [0.1, 0.15) is 23.6 Å². The molecule has 0 saturated heterocycles. The van der Waals surface area contributed by atoms with E-state index in [4.69, 9.17) is 0 Å². The van der Waals surface area contributed by atoms with Gasteiger partial charge in [-0.3, -0.25) is 14.2 Å². The molecule has 0 fully saturated rings. The number of rotatable bonds is 5. The van der Waals surface area contributed by atoms with Crippen molar-refractivity contribution in [2.75, 3.05) is 5.75 Å². The number of benzene rings is 2. The lowest BCUT2D eigenvalue weighted by Crippen LogP contribution is -2.29. The second-order valence-corrected chi connectivity index (χ2v) is 9.13. The van der Waals surface area contributed by atoms with Crippen molar-refractivity contribution in [1.29, 1.82) is 0 Å². The number of hydrogen-bond acceptors (Lipinski definition) is 5. The summed E-state index contributed by atoms with van der Waals surface area (Å²) in [5.74, 6) is -0.586. The molecule has 1 unspecified atom stereocenters. The molecule has 156 valence electrons. The molecule has 5 rings (SSSR count). The first-order chi connectivity index (χ1) is 15.1. The molecular formula is C23H18FN3O2S2. The Labute approximate surface area is 185 Å². The normalized spacial score (nSPS) is 15.2. The molecule has 2 heterocycles. The Morgan fingerprint density at radius 3 is 2.87 bits per heavy atom. The lowest BCUT2D eigenvalue weighted by Gasteiger charge is -2.15. The molecule has 2 aromatic carbocycles. The van der Waals surface area contributed by atoms with E-state index in [1.807, 2.05) is 18.2 Å². The lowest BCUT2D eigenvalue weighted by atomic mass is 10.1. The van der Waals surface area contributed by atoms with Gasteiger partial charge in [0.05, 0.1) is 23.0 Å². The van der Waals surface area contributed by atoms with Crippen LogP contribution in [0, 0.1) is 5.82 Å². The molecule has 2 aromatic heterocycles. The highest BCUT2D eigenvalue weighted by atomic mass is 32.2. The number of para-hydroxylation sites is 1. The number of nitrogens with zero attached hydrogens (tertiary/aromatic N) is 2. The molecule has 1 N–H and O–H groups in total. The minimum atomic E-state index is -0.517. The van der Waals surface area contributed by atoms with Gasteiger partial charge in [-0.15, -0.1) is 11.3 Å². The number of nitrogens with one attached hydrogen (secondary N) is 1. The summed E-state index contributed by atoms with van der Waals surface area (Å²) in [7, 11) is 0. The molecule has 1 amide bonds. The van der Waals surface area contributed by atoms with Gasteiger partial charge >= 0.3 is 0 Å². The van der Waals surface area contributed by atoms with Gasteiger partial charge in [-0.25, -0.2) is 9.37 Å². The van der Waals surface area contributed by atoms with Gasteiger partial charge < -0.3 is 5.32 Å². The van der Waals surface area contributed by atoms with Gasteiger partial charge in [0.25, 0.3) is 5.56 Å². The molecule has 0 spiro atoms. The average Bonchev–Trinajstić information content (AvgIpc) is 3.41. The van der Waals surface area contributed by atoms with Crippen LogP contribution in [0.2, 0.25) is 0 Å². The fraction of sp³-hybridized carbons (Fsp3) is 0.174. The molecule has 0 bridgehead atoms. The zero-order valence-corrected chi connectivity index (χ0v) is 18.0. The van der Waals surface area contributed by atoms with Crippen molar-refractivity contribution in [3.05, 3.63) is 87.3 Å². The summed E-state index contributed by atoms with van der Waals surface area (Å²) in [5.41, 5.74) is 2.76. The number of amides is 1. The number of fused-ring (bicyclic) bond motifs is 2. The van der Waals surface area contributed by atoms with Gasteiger partial charge in [0.15, 0.2) is 5.16 Å². The molecule has 31 heavy (non-hydrogen) atoms. The Kier molecular flexibility index (Phi) is 5.33. The molecule has 5 nitrogen and oxygen atoms in total. The predicted molar refractivity (Wildman–Crippen MR) is 122 cm³/mol. The van der Waals surface area contributed by atoms with Crippen molar-refractivity contribution < 1.29 is 9.18 Å². The molecule has 0 saturated carbocycles. The van der Waals surface area contributed by atoms with Crippen LogP contribution in [0.5, 0.6) is 0 Å². The van der Waals surface area contributed by atoms with Crippen LogP contribution in [0.3, 0.4) is 0 Å². The zero-order valence-electron chi connectivity index (χ0n) is 16.4. The third kappa shape index (κ3) is 3.77. The van der Waals surface area contributed by atoms with Crippen molar-refractivity contribution >= 4 is 39.2 Å². The van der Waals surface area contributed by atoms with E-state index in [0.29, 0.717) is 15.4 Å². The van der Waals surface area contributed by atoms with Crippen LogP contribution in [-0.2, 0) is 11.2 Å². The van der Waals surface area contributed by atoms with E-state index in [2.05, 4.69) is 16.4 Å². The van der Waals surface area contributed by atoms with Gasteiger partial charge in [0.1, 0.15) is 10.5 Å². The van der Waals surface area contributed by atoms with Gasteiger partial charge in [-0.1, -0.05) is 48.2 Å². The van der Waals surface area contributed by atoms with E-state index in [-0.39, 0.29) is 28.9 Å². The molecule has 1 atom stereocenters. The summed E-state index contributed by atoms with van der Waals surface area (Å²) in [6.07, 6.45) is 1.81. The monoisotopic (exact) mass is 451 g/mol. The Hall–Kier alpha value is -2.97. The highest BCUT2D eigenvalue weighted by Crippen LogP contribution is 2.31. The number of carbonyl (C=O) groups excluding carboxylic acids is 1. The minimum Gasteiger partial charge on any atom is -0.349 e. The molecule has 0 aliphatic heterocycles. The topological polar surface area (TPSA) is 64.0 Å². The van der Waals surface area contributed by atoms with Crippen LogP contribution in [-0.4, -0.2) is 21.2 Å². The smallest absolute Gasteiger partial charge is 0.276 e. The van der Waals surface area contributed by atoms with E-state index < -0.39 is 5.82 Å². The Morgan fingerprint density at radius 2 is 2.00 bits per heavy atom. The fourth-order valence-corrected chi connectivity index (χ4v) is 5.48.